The number of hydrogen-bond donors (Lipinski definition) is 0. The molecule has 0 radical (unpaired) electrons. The van der Waals surface area contributed by atoms with Crippen LogP contribution < -0.4 is 10.3 Å². The molecule has 0 bridgehead atoms. The summed E-state index contributed by atoms with van der Waals surface area (Å²) < 4.78 is 3.92. The Bertz CT molecular complexity index is 209. The van der Waals surface area contributed by atoms with Gasteiger partial charge in [-0.2, -0.15) is 0 Å². The van der Waals surface area contributed by atoms with Gasteiger partial charge in [0, 0.05) is 0 Å². The smallest absolute Gasteiger partial charge is 0.246 e. The molecule has 48 valence electrons. The zero-order valence-corrected chi connectivity index (χ0v) is 6.61. The first-order chi connectivity index (χ1) is 4.13. The van der Waals surface area contributed by atoms with E-state index >= 15 is 0 Å². The number of nitrogens with zero attached hydrogens (tertiary/aromatic N) is 2. The average Bonchev–Trinajstić information content (AvgIpc) is 1.98. The topological polar surface area (TPSA) is 8.81 Å². The lowest BCUT2D eigenvalue weighted by molar-refractivity contribution is -0.650. The fourth-order valence-electron chi connectivity index (χ4n) is 0.731. The zero-order valence-electron chi connectivity index (χ0n) is 5.85. The van der Waals surface area contributed by atoms with Gasteiger partial charge in [0.15, 0.2) is 5.72 Å². The van der Waals surface area contributed by atoms with Gasteiger partial charge in [0.2, 0.25) is 13.0 Å². The van der Waals surface area contributed by atoms with E-state index in [2.05, 4.69) is 0 Å². The molecule has 0 aliphatic rings. The molecule has 0 saturated carbocycles. The summed E-state index contributed by atoms with van der Waals surface area (Å²) in [6.07, 6.45) is 1.89. The molecule has 0 aliphatic heterocycles. The van der Waals surface area contributed by atoms with Gasteiger partial charge in [-0.3, -0.25) is 0 Å². The van der Waals surface area contributed by atoms with Crippen LogP contribution in [0.3, 0.4) is 0 Å². The number of imidazole rings is 1. The third-order valence-corrected chi connectivity index (χ3v) is 1.97. The second kappa shape index (κ2) is 2.07. The Labute approximate surface area is 60.5 Å². The number of aromatic nitrogens is 2. The first kappa shape index (κ1) is 6.68. The van der Waals surface area contributed by atoms with Crippen LogP contribution in [0, 0.1) is 0 Å². The molecule has 0 atom stereocenters. The SMILES string of the molecule is Bc1n(C)cc(Cl)[n+]1C. The highest BCUT2D eigenvalue weighted by molar-refractivity contribution is 6.31. The standard InChI is InChI=1S/C5H9BClN2/c1-8-3-4(7)9(2)5(8)6/h3H,6H2,1-2H3/q+1. The van der Waals surface area contributed by atoms with Crippen molar-refractivity contribution in [2.45, 2.75) is 0 Å². The summed E-state index contributed by atoms with van der Waals surface area (Å²) in [7, 11) is 5.94. The van der Waals surface area contributed by atoms with E-state index in [1.54, 1.807) is 0 Å². The maximum Gasteiger partial charge on any atom is 0.248 e. The molecule has 1 heterocycles. The van der Waals surface area contributed by atoms with Crippen LogP contribution >= 0.6 is 11.6 Å². The van der Waals surface area contributed by atoms with Gasteiger partial charge in [0.1, 0.15) is 6.20 Å². The molecule has 0 unspecified atom stereocenters. The van der Waals surface area contributed by atoms with Crippen LogP contribution in [0.15, 0.2) is 6.20 Å². The Kier molecular flexibility index (Phi) is 1.53. The van der Waals surface area contributed by atoms with Gasteiger partial charge >= 0.3 is 0 Å². The van der Waals surface area contributed by atoms with E-state index in [4.69, 9.17) is 11.6 Å². The first-order valence-electron chi connectivity index (χ1n) is 2.80. The Hall–Kier alpha value is -0.435. The molecule has 0 aromatic carbocycles. The minimum absolute atomic E-state index is 0.773. The summed E-state index contributed by atoms with van der Waals surface area (Å²) in [6, 6.07) is 0. The van der Waals surface area contributed by atoms with Crippen molar-refractivity contribution >= 4 is 25.2 Å². The minimum atomic E-state index is 0.773. The first-order valence-corrected chi connectivity index (χ1v) is 3.18. The molecule has 0 saturated heterocycles. The third kappa shape index (κ3) is 0.967. The number of hydrogen-bond acceptors (Lipinski definition) is 0. The molecular formula is C5H9BClN2+. The van der Waals surface area contributed by atoms with Crippen molar-refractivity contribution in [2.24, 2.45) is 14.1 Å². The van der Waals surface area contributed by atoms with Crippen molar-refractivity contribution in [2.75, 3.05) is 0 Å². The molecule has 0 N–H and O–H groups in total. The largest absolute Gasteiger partial charge is 0.248 e. The van der Waals surface area contributed by atoms with Gasteiger partial charge in [-0.25, -0.2) is 9.13 Å². The molecule has 1 rings (SSSR count). The third-order valence-electron chi connectivity index (χ3n) is 1.62. The lowest BCUT2D eigenvalue weighted by Crippen LogP contribution is -2.46. The molecular weight excluding hydrogens is 134 g/mol. The van der Waals surface area contributed by atoms with Gasteiger partial charge in [0.05, 0.1) is 14.1 Å². The summed E-state index contributed by atoms with van der Waals surface area (Å²) >= 11 is 5.78. The quantitative estimate of drug-likeness (QED) is 0.317. The molecule has 2 nitrogen and oxygen atoms in total. The maximum atomic E-state index is 5.78. The van der Waals surface area contributed by atoms with Gasteiger partial charge in [-0.05, 0) is 11.6 Å². The van der Waals surface area contributed by atoms with Crippen molar-refractivity contribution in [3.05, 3.63) is 11.3 Å². The van der Waals surface area contributed by atoms with E-state index in [1.807, 2.05) is 37.3 Å². The molecule has 0 amide bonds. The van der Waals surface area contributed by atoms with Crippen LogP contribution in [0.1, 0.15) is 0 Å². The van der Waals surface area contributed by atoms with Crippen molar-refractivity contribution in [3.8, 4) is 0 Å². The highest BCUT2D eigenvalue weighted by Crippen LogP contribution is 1.95. The predicted molar refractivity (Wildman–Crippen MR) is 39.8 cm³/mol. The Morgan fingerprint density at radius 2 is 2.33 bits per heavy atom. The zero-order chi connectivity index (χ0) is 7.02. The predicted octanol–water partition coefficient (Wildman–Crippen LogP) is -1.24. The molecule has 1 aromatic rings. The van der Waals surface area contributed by atoms with E-state index in [0.717, 1.165) is 10.9 Å². The van der Waals surface area contributed by atoms with Crippen molar-refractivity contribution in [3.63, 3.8) is 0 Å². The van der Waals surface area contributed by atoms with E-state index in [9.17, 15) is 0 Å². The van der Waals surface area contributed by atoms with Gasteiger partial charge in [-0.15, -0.1) is 0 Å². The summed E-state index contributed by atoms with van der Waals surface area (Å²) in [5, 5.41) is 0.773. The fourth-order valence-corrected chi connectivity index (χ4v) is 1.000. The van der Waals surface area contributed by atoms with Gasteiger partial charge < -0.3 is 0 Å². The Morgan fingerprint density at radius 3 is 2.44 bits per heavy atom. The van der Waals surface area contributed by atoms with Crippen molar-refractivity contribution < 1.29 is 4.57 Å². The van der Waals surface area contributed by atoms with Gasteiger partial charge in [0.25, 0.3) is 0 Å². The lowest BCUT2D eigenvalue weighted by atomic mass is 10.1. The van der Waals surface area contributed by atoms with E-state index in [-0.39, 0.29) is 0 Å². The van der Waals surface area contributed by atoms with E-state index in [1.165, 1.54) is 0 Å². The van der Waals surface area contributed by atoms with Crippen molar-refractivity contribution in [1.82, 2.24) is 4.57 Å². The summed E-state index contributed by atoms with van der Waals surface area (Å²) in [5.41, 5.74) is 1.15. The number of halogens is 1. The second-order valence-electron chi connectivity index (χ2n) is 2.17. The summed E-state index contributed by atoms with van der Waals surface area (Å²) in [5.74, 6) is 0. The highest BCUT2D eigenvalue weighted by atomic mass is 35.5. The normalized spacial score (nSPS) is 10.1. The second-order valence-corrected chi connectivity index (χ2v) is 2.56. The Balaban J connectivity index is 3.29. The van der Waals surface area contributed by atoms with Crippen LogP contribution in [0.2, 0.25) is 5.15 Å². The molecule has 9 heavy (non-hydrogen) atoms. The average molecular weight is 143 g/mol. The summed E-state index contributed by atoms with van der Waals surface area (Å²) in [4.78, 5) is 0. The molecule has 4 heteroatoms. The van der Waals surface area contributed by atoms with Crippen LogP contribution in [-0.2, 0) is 14.1 Å². The highest BCUT2D eigenvalue weighted by Gasteiger charge is 2.09. The van der Waals surface area contributed by atoms with Crippen molar-refractivity contribution in [1.29, 1.82) is 0 Å². The molecule has 0 aliphatic carbocycles. The van der Waals surface area contributed by atoms with Gasteiger partial charge in [-0.1, -0.05) is 0 Å². The summed E-state index contributed by atoms with van der Waals surface area (Å²) in [6.45, 7) is 0. The molecule has 0 spiro atoms. The molecule has 1 aromatic heterocycles. The Morgan fingerprint density at radius 1 is 1.78 bits per heavy atom. The van der Waals surface area contributed by atoms with E-state index < -0.39 is 0 Å². The van der Waals surface area contributed by atoms with Crippen LogP contribution in [-0.4, -0.2) is 12.4 Å². The molecule has 0 fully saturated rings. The monoisotopic (exact) mass is 143 g/mol. The van der Waals surface area contributed by atoms with Crippen LogP contribution in [0.4, 0.5) is 0 Å². The van der Waals surface area contributed by atoms with Crippen LogP contribution in [0.5, 0.6) is 0 Å². The number of aryl methyl sites for hydroxylation is 1. The van der Waals surface area contributed by atoms with E-state index in [0.29, 0.717) is 0 Å². The lowest BCUT2D eigenvalue weighted by Gasteiger charge is -1.86. The van der Waals surface area contributed by atoms with Crippen LogP contribution in [0.25, 0.3) is 0 Å². The maximum absolute atomic E-state index is 5.78. The fraction of sp³-hybridized carbons (Fsp3) is 0.400. The number of rotatable bonds is 0. The minimum Gasteiger partial charge on any atom is -0.246 e.